The van der Waals surface area contributed by atoms with Crippen molar-refractivity contribution in [3.8, 4) is 0 Å². The van der Waals surface area contributed by atoms with Gasteiger partial charge in [0.05, 0.1) is 0 Å². The van der Waals surface area contributed by atoms with E-state index in [4.69, 9.17) is 5.11 Å². The first-order chi connectivity index (χ1) is 7.76. The molecule has 1 aliphatic heterocycles. The van der Waals surface area contributed by atoms with E-state index in [0.29, 0.717) is 12.5 Å². The Morgan fingerprint density at radius 3 is 3.06 bits per heavy atom. The second-order valence-corrected chi connectivity index (χ2v) is 4.53. The van der Waals surface area contributed by atoms with E-state index in [0.717, 1.165) is 45.3 Å². The Hall–Kier alpha value is -0.610. The van der Waals surface area contributed by atoms with Crippen LogP contribution in [0, 0.1) is 0 Å². The van der Waals surface area contributed by atoms with Crippen LogP contribution in [0.2, 0.25) is 0 Å². The van der Waals surface area contributed by atoms with Gasteiger partial charge in [0.15, 0.2) is 0 Å². The Bertz CT molecular complexity index is 209. The molecule has 1 unspecified atom stereocenters. The predicted octanol–water partition coefficient (Wildman–Crippen LogP) is 0.749. The first-order valence-corrected chi connectivity index (χ1v) is 6.38. The first kappa shape index (κ1) is 13.5. The molecule has 1 rings (SSSR count). The third kappa shape index (κ3) is 4.94. The quantitative estimate of drug-likeness (QED) is 0.705. The van der Waals surface area contributed by atoms with E-state index >= 15 is 0 Å². The molecule has 16 heavy (non-hydrogen) atoms. The average molecular weight is 228 g/mol. The van der Waals surface area contributed by atoms with Crippen molar-refractivity contribution in [1.29, 1.82) is 0 Å². The summed E-state index contributed by atoms with van der Waals surface area (Å²) in [5.74, 6) is 0.177. The number of rotatable bonds is 6. The van der Waals surface area contributed by atoms with Gasteiger partial charge in [0, 0.05) is 32.2 Å². The second-order valence-electron chi connectivity index (χ2n) is 4.53. The van der Waals surface area contributed by atoms with Gasteiger partial charge >= 0.3 is 0 Å². The van der Waals surface area contributed by atoms with Crippen LogP contribution in [-0.2, 0) is 4.79 Å². The summed E-state index contributed by atoms with van der Waals surface area (Å²) >= 11 is 0. The van der Waals surface area contributed by atoms with Crippen LogP contribution in [0.4, 0.5) is 0 Å². The number of carbonyl (C=O) groups is 1. The summed E-state index contributed by atoms with van der Waals surface area (Å²) in [7, 11) is 0. The number of likely N-dealkylation sites (tertiary alicyclic amines) is 1. The van der Waals surface area contributed by atoms with E-state index in [9.17, 15) is 4.79 Å². The van der Waals surface area contributed by atoms with Crippen molar-refractivity contribution in [3.63, 3.8) is 0 Å². The van der Waals surface area contributed by atoms with E-state index in [2.05, 4.69) is 10.2 Å². The summed E-state index contributed by atoms with van der Waals surface area (Å²) in [6, 6.07) is 0.312. The Morgan fingerprint density at radius 1 is 1.56 bits per heavy atom. The van der Waals surface area contributed by atoms with E-state index in [1.807, 2.05) is 6.92 Å². The molecule has 1 heterocycles. The molecule has 0 saturated carbocycles. The largest absolute Gasteiger partial charge is 0.396 e. The minimum atomic E-state index is 0.177. The van der Waals surface area contributed by atoms with E-state index < -0.39 is 0 Å². The van der Waals surface area contributed by atoms with Crippen molar-refractivity contribution in [1.82, 2.24) is 10.2 Å². The third-order valence-electron chi connectivity index (χ3n) is 2.98. The molecule has 0 aromatic carbocycles. The van der Waals surface area contributed by atoms with Gasteiger partial charge in [0.2, 0.25) is 5.91 Å². The van der Waals surface area contributed by atoms with Crippen molar-refractivity contribution < 1.29 is 9.90 Å². The lowest BCUT2D eigenvalue weighted by Gasteiger charge is -2.33. The molecule has 1 saturated heterocycles. The van der Waals surface area contributed by atoms with Crippen molar-refractivity contribution in [3.05, 3.63) is 0 Å². The number of hydrogen-bond acceptors (Lipinski definition) is 3. The topological polar surface area (TPSA) is 52.6 Å². The van der Waals surface area contributed by atoms with Crippen LogP contribution < -0.4 is 5.32 Å². The van der Waals surface area contributed by atoms with Gasteiger partial charge in [-0.3, -0.25) is 4.79 Å². The van der Waals surface area contributed by atoms with Crippen LogP contribution in [0.5, 0.6) is 0 Å². The number of aliphatic hydroxyl groups excluding tert-OH is 1. The molecule has 0 radical (unpaired) electrons. The zero-order chi connectivity index (χ0) is 11.8. The van der Waals surface area contributed by atoms with Crippen LogP contribution in [-0.4, -0.2) is 48.2 Å². The lowest BCUT2D eigenvalue weighted by molar-refractivity contribution is -0.122. The summed E-state index contributed by atoms with van der Waals surface area (Å²) in [4.78, 5) is 13.8. The van der Waals surface area contributed by atoms with Crippen molar-refractivity contribution >= 4 is 5.91 Å². The van der Waals surface area contributed by atoms with Gasteiger partial charge < -0.3 is 15.3 Å². The predicted molar refractivity (Wildman–Crippen MR) is 64.2 cm³/mol. The maximum Gasteiger partial charge on any atom is 0.220 e. The number of nitrogens with one attached hydrogen (secondary N) is 1. The maximum absolute atomic E-state index is 11.5. The molecule has 4 nitrogen and oxygen atoms in total. The van der Waals surface area contributed by atoms with Gasteiger partial charge in [-0.05, 0) is 32.2 Å². The van der Waals surface area contributed by atoms with Gasteiger partial charge in [0.25, 0.3) is 0 Å². The number of piperidine rings is 1. The zero-order valence-electron chi connectivity index (χ0n) is 10.2. The van der Waals surface area contributed by atoms with Gasteiger partial charge in [-0.25, -0.2) is 0 Å². The number of amides is 1. The summed E-state index contributed by atoms with van der Waals surface area (Å²) in [5.41, 5.74) is 0. The van der Waals surface area contributed by atoms with Gasteiger partial charge in [-0.15, -0.1) is 0 Å². The Labute approximate surface area is 98.0 Å². The molecular formula is C12H24N2O2. The minimum absolute atomic E-state index is 0.177. The van der Waals surface area contributed by atoms with Crippen LogP contribution in [0.25, 0.3) is 0 Å². The number of aliphatic hydroxyl groups is 1. The normalized spacial score (nSPS) is 22.0. The molecule has 1 amide bonds. The van der Waals surface area contributed by atoms with E-state index in [1.165, 1.54) is 0 Å². The molecule has 0 spiro atoms. The highest BCUT2D eigenvalue weighted by Gasteiger charge is 2.20. The lowest BCUT2D eigenvalue weighted by Crippen LogP contribution is -2.47. The van der Waals surface area contributed by atoms with Crippen LogP contribution in [0.1, 0.15) is 39.0 Å². The zero-order valence-corrected chi connectivity index (χ0v) is 10.2. The molecule has 1 fully saturated rings. The monoisotopic (exact) mass is 228 g/mol. The minimum Gasteiger partial charge on any atom is -0.396 e. The smallest absolute Gasteiger partial charge is 0.220 e. The standard InChI is InChI=1S/C12H24N2O2/c1-2-5-12(16)13-11-6-3-7-14(10-11)8-4-9-15/h11,15H,2-10H2,1H3,(H,13,16). The third-order valence-corrected chi connectivity index (χ3v) is 2.98. The molecule has 0 bridgehead atoms. The van der Waals surface area contributed by atoms with Crippen LogP contribution in [0.15, 0.2) is 0 Å². The highest BCUT2D eigenvalue weighted by molar-refractivity contribution is 5.76. The first-order valence-electron chi connectivity index (χ1n) is 6.38. The van der Waals surface area contributed by atoms with E-state index in [1.54, 1.807) is 0 Å². The van der Waals surface area contributed by atoms with Gasteiger partial charge in [-0.2, -0.15) is 0 Å². The Balaban J connectivity index is 2.24. The van der Waals surface area contributed by atoms with Gasteiger partial charge in [0.1, 0.15) is 0 Å². The fourth-order valence-corrected chi connectivity index (χ4v) is 2.20. The summed E-state index contributed by atoms with van der Waals surface area (Å²) in [6.45, 7) is 5.25. The molecule has 94 valence electrons. The van der Waals surface area contributed by atoms with Crippen molar-refractivity contribution in [2.24, 2.45) is 0 Å². The number of hydrogen-bond donors (Lipinski definition) is 2. The highest BCUT2D eigenvalue weighted by atomic mass is 16.3. The van der Waals surface area contributed by atoms with Crippen LogP contribution >= 0.6 is 0 Å². The Kier molecular flexibility index (Phi) is 6.42. The highest BCUT2D eigenvalue weighted by Crippen LogP contribution is 2.10. The van der Waals surface area contributed by atoms with Crippen molar-refractivity contribution in [2.45, 2.75) is 45.1 Å². The number of carbonyl (C=O) groups excluding carboxylic acids is 1. The fourth-order valence-electron chi connectivity index (χ4n) is 2.20. The molecular weight excluding hydrogens is 204 g/mol. The molecule has 0 aromatic rings. The number of nitrogens with zero attached hydrogens (tertiary/aromatic N) is 1. The molecule has 4 heteroatoms. The van der Waals surface area contributed by atoms with E-state index in [-0.39, 0.29) is 12.5 Å². The Morgan fingerprint density at radius 2 is 2.38 bits per heavy atom. The average Bonchev–Trinajstić information content (AvgIpc) is 2.27. The molecule has 1 aliphatic rings. The fraction of sp³-hybridized carbons (Fsp3) is 0.917. The second kappa shape index (κ2) is 7.63. The van der Waals surface area contributed by atoms with Crippen LogP contribution in [0.3, 0.4) is 0 Å². The summed E-state index contributed by atoms with van der Waals surface area (Å²) in [5, 5.41) is 11.9. The molecule has 2 N–H and O–H groups in total. The summed E-state index contributed by atoms with van der Waals surface area (Å²) in [6.07, 6.45) is 4.60. The molecule has 0 aromatic heterocycles. The molecule has 1 atom stereocenters. The SMILES string of the molecule is CCCC(=O)NC1CCCN(CCCO)C1. The van der Waals surface area contributed by atoms with Crippen molar-refractivity contribution in [2.75, 3.05) is 26.2 Å². The lowest BCUT2D eigenvalue weighted by atomic mass is 10.1. The van der Waals surface area contributed by atoms with Gasteiger partial charge in [-0.1, -0.05) is 6.92 Å². The molecule has 0 aliphatic carbocycles. The summed E-state index contributed by atoms with van der Waals surface area (Å²) < 4.78 is 0. The maximum atomic E-state index is 11.5.